The van der Waals surface area contributed by atoms with Crippen LogP contribution in [0.25, 0.3) is 0 Å². The van der Waals surface area contributed by atoms with Crippen molar-refractivity contribution in [3.8, 4) is 0 Å². The predicted octanol–water partition coefficient (Wildman–Crippen LogP) is 4.98. The number of oxime groups is 1. The van der Waals surface area contributed by atoms with Crippen LogP contribution in [0, 0.1) is 5.92 Å². The molecule has 0 spiro atoms. The molecule has 6 heteroatoms. The van der Waals surface area contributed by atoms with Crippen molar-refractivity contribution < 1.29 is 9.63 Å². The quantitative estimate of drug-likeness (QED) is 0.566. The second-order valence-corrected chi connectivity index (χ2v) is 7.40. The van der Waals surface area contributed by atoms with Gasteiger partial charge in [0, 0.05) is 5.56 Å². The minimum Gasteiger partial charge on any atom is -0.386 e. The number of hydrogen-bond acceptors (Lipinski definition) is 3. The molecule has 0 amide bonds. The van der Waals surface area contributed by atoms with E-state index in [4.69, 9.17) is 39.6 Å². The molecule has 0 radical (unpaired) electrons. The number of nitrogens with zero attached hydrogens (tertiary/aromatic N) is 1. The summed E-state index contributed by atoms with van der Waals surface area (Å²) in [4.78, 5) is 18.4. The average molecular weight is 369 g/mol. The lowest BCUT2D eigenvalue weighted by molar-refractivity contribution is 0.0533. The van der Waals surface area contributed by atoms with E-state index in [0.29, 0.717) is 5.56 Å². The van der Waals surface area contributed by atoms with Gasteiger partial charge >= 0.3 is 0 Å². The molecule has 0 saturated carbocycles. The summed E-state index contributed by atoms with van der Waals surface area (Å²) in [5.74, 6) is -0.977. The van der Waals surface area contributed by atoms with Gasteiger partial charge in [-0.2, -0.15) is 0 Å². The Morgan fingerprint density at radius 1 is 0.957 bits per heavy atom. The van der Waals surface area contributed by atoms with E-state index in [1.165, 1.54) is 0 Å². The fourth-order valence-electron chi connectivity index (χ4n) is 2.54. The molecule has 118 valence electrons. The number of carbonyl (C=O) groups excluding carboxylic acids is 1. The van der Waals surface area contributed by atoms with E-state index in [0.717, 1.165) is 5.56 Å². The van der Waals surface area contributed by atoms with Crippen molar-refractivity contribution in [1.29, 1.82) is 0 Å². The molecule has 1 heterocycles. The van der Waals surface area contributed by atoms with Gasteiger partial charge in [-0.3, -0.25) is 4.79 Å². The van der Waals surface area contributed by atoms with E-state index in [2.05, 4.69) is 5.16 Å². The topological polar surface area (TPSA) is 38.7 Å². The van der Waals surface area contributed by atoms with Gasteiger partial charge in [-0.05, 0) is 5.56 Å². The molecular formula is C17H12Cl3NO2. The second kappa shape index (κ2) is 6.52. The van der Waals surface area contributed by atoms with E-state index in [1.54, 1.807) is 24.3 Å². The van der Waals surface area contributed by atoms with Crippen LogP contribution in [0.2, 0.25) is 0 Å². The van der Waals surface area contributed by atoms with E-state index in [-0.39, 0.29) is 11.5 Å². The highest BCUT2D eigenvalue weighted by molar-refractivity contribution is 6.77. The average Bonchev–Trinajstić information content (AvgIpc) is 3.01. The molecule has 1 aliphatic heterocycles. The van der Waals surface area contributed by atoms with Crippen LogP contribution in [0.1, 0.15) is 22.0 Å². The summed E-state index contributed by atoms with van der Waals surface area (Å²) in [5, 5.41) is 3.89. The number of benzene rings is 2. The van der Waals surface area contributed by atoms with Crippen molar-refractivity contribution in [3.63, 3.8) is 0 Å². The number of Topliss-reactive ketones (excluding diaryl/α,β-unsaturated/α-hetero) is 1. The molecular weight excluding hydrogens is 357 g/mol. The largest absolute Gasteiger partial charge is 0.386 e. The summed E-state index contributed by atoms with van der Waals surface area (Å²) in [6, 6.07) is 18.1. The van der Waals surface area contributed by atoms with Crippen LogP contribution < -0.4 is 0 Å². The Labute approximate surface area is 148 Å². The zero-order valence-corrected chi connectivity index (χ0v) is 14.1. The summed E-state index contributed by atoms with van der Waals surface area (Å²) in [6.07, 6.45) is -0.616. The second-order valence-electron chi connectivity index (χ2n) is 5.12. The molecule has 3 rings (SSSR count). The van der Waals surface area contributed by atoms with Gasteiger partial charge in [0.15, 0.2) is 11.9 Å². The van der Waals surface area contributed by atoms with Gasteiger partial charge in [-0.25, -0.2) is 0 Å². The maximum atomic E-state index is 13.0. The first-order valence-electron chi connectivity index (χ1n) is 6.93. The highest BCUT2D eigenvalue weighted by Crippen LogP contribution is 2.43. The lowest BCUT2D eigenvalue weighted by Crippen LogP contribution is -2.34. The lowest BCUT2D eigenvalue weighted by atomic mass is 9.86. The number of rotatable bonds is 3. The van der Waals surface area contributed by atoms with Gasteiger partial charge in [0.2, 0.25) is 3.79 Å². The van der Waals surface area contributed by atoms with Gasteiger partial charge in [-0.15, -0.1) is 0 Å². The number of hydrogen-bond donors (Lipinski definition) is 0. The number of halogens is 3. The van der Waals surface area contributed by atoms with Crippen LogP contribution in [0.15, 0.2) is 65.8 Å². The maximum Gasteiger partial charge on any atom is 0.232 e. The van der Waals surface area contributed by atoms with Crippen LogP contribution in [0.3, 0.4) is 0 Å². The van der Waals surface area contributed by atoms with Crippen LogP contribution >= 0.6 is 34.8 Å². The van der Waals surface area contributed by atoms with Crippen LogP contribution in [-0.2, 0) is 4.84 Å². The molecule has 0 unspecified atom stereocenters. The maximum absolute atomic E-state index is 13.0. The SMILES string of the molecule is O=C(c1ccccc1)[C@H]1C(C(Cl)(Cl)Cl)=NO[C@@H]1c1ccccc1. The van der Waals surface area contributed by atoms with E-state index in [9.17, 15) is 4.79 Å². The zero-order valence-electron chi connectivity index (χ0n) is 11.8. The first-order valence-corrected chi connectivity index (χ1v) is 8.07. The van der Waals surface area contributed by atoms with Gasteiger partial charge < -0.3 is 4.84 Å². The summed E-state index contributed by atoms with van der Waals surface area (Å²) >= 11 is 18.0. The van der Waals surface area contributed by atoms with E-state index >= 15 is 0 Å². The number of alkyl halides is 3. The molecule has 2 aromatic rings. The number of carbonyl (C=O) groups is 1. The Morgan fingerprint density at radius 2 is 1.52 bits per heavy atom. The van der Waals surface area contributed by atoms with Gasteiger partial charge in [0.05, 0.1) is 0 Å². The van der Waals surface area contributed by atoms with Crippen molar-refractivity contribution in [1.82, 2.24) is 0 Å². The third kappa shape index (κ3) is 3.37. The van der Waals surface area contributed by atoms with Crippen LogP contribution in [0.5, 0.6) is 0 Å². The molecule has 23 heavy (non-hydrogen) atoms. The molecule has 0 N–H and O–H groups in total. The van der Waals surface area contributed by atoms with Gasteiger partial charge in [-0.1, -0.05) is 101 Å². The van der Waals surface area contributed by atoms with E-state index in [1.807, 2.05) is 36.4 Å². The molecule has 0 aromatic heterocycles. The van der Waals surface area contributed by atoms with E-state index < -0.39 is 15.8 Å². The molecule has 3 nitrogen and oxygen atoms in total. The predicted molar refractivity (Wildman–Crippen MR) is 92.3 cm³/mol. The Balaban J connectivity index is 2.02. The first kappa shape index (κ1) is 16.3. The number of ketones is 1. The smallest absolute Gasteiger partial charge is 0.232 e. The molecule has 1 aliphatic rings. The fourth-order valence-corrected chi connectivity index (χ4v) is 3.00. The van der Waals surface area contributed by atoms with Crippen LogP contribution in [0.4, 0.5) is 0 Å². The summed E-state index contributed by atoms with van der Waals surface area (Å²) in [7, 11) is 0. The van der Waals surface area contributed by atoms with Crippen molar-refractivity contribution in [2.24, 2.45) is 11.1 Å². The minimum atomic E-state index is -1.81. The third-order valence-corrected chi connectivity index (χ3v) is 4.20. The molecule has 0 saturated heterocycles. The van der Waals surface area contributed by atoms with Gasteiger partial charge in [0.25, 0.3) is 0 Å². The summed E-state index contributed by atoms with van der Waals surface area (Å²) in [6.45, 7) is 0. The Morgan fingerprint density at radius 3 is 2.09 bits per heavy atom. The highest BCUT2D eigenvalue weighted by atomic mass is 35.6. The molecule has 0 aliphatic carbocycles. The third-order valence-electron chi connectivity index (χ3n) is 3.62. The van der Waals surface area contributed by atoms with Crippen LogP contribution in [-0.4, -0.2) is 15.3 Å². The fraction of sp³-hybridized carbons (Fsp3) is 0.176. The molecule has 2 aromatic carbocycles. The minimum absolute atomic E-state index is 0.102. The summed E-state index contributed by atoms with van der Waals surface area (Å²) in [5.41, 5.74) is 1.42. The Kier molecular flexibility index (Phi) is 4.62. The zero-order chi connectivity index (χ0) is 16.4. The van der Waals surface area contributed by atoms with Crippen molar-refractivity contribution in [3.05, 3.63) is 71.8 Å². The molecule has 2 atom stereocenters. The molecule has 0 bridgehead atoms. The Hall–Kier alpha value is -1.55. The lowest BCUT2D eigenvalue weighted by Gasteiger charge is -2.21. The van der Waals surface area contributed by atoms with Crippen molar-refractivity contribution in [2.75, 3.05) is 0 Å². The van der Waals surface area contributed by atoms with Crippen molar-refractivity contribution >= 4 is 46.3 Å². The first-order chi connectivity index (χ1) is 11.0. The van der Waals surface area contributed by atoms with Gasteiger partial charge in [0.1, 0.15) is 11.6 Å². The standard InChI is InChI=1S/C17H12Cl3NO2/c18-17(19,20)16-13(14(22)11-7-3-1-4-8-11)15(23-21-16)12-9-5-2-6-10-12/h1-10,13,15H/t13-,15-/m1/s1. The summed E-state index contributed by atoms with van der Waals surface area (Å²) < 4.78 is -1.81. The normalized spacial score (nSPS) is 20.7. The Bertz CT molecular complexity index is 727. The monoisotopic (exact) mass is 367 g/mol. The highest BCUT2D eigenvalue weighted by Gasteiger charge is 2.48. The molecule has 0 fully saturated rings. The van der Waals surface area contributed by atoms with Crippen molar-refractivity contribution in [2.45, 2.75) is 9.90 Å².